The summed E-state index contributed by atoms with van der Waals surface area (Å²) in [7, 11) is 0. The van der Waals surface area contributed by atoms with Gasteiger partial charge in [-0.25, -0.2) is 4.79 Å². The van der Waals surface area contributed by atoms with Gasteiger partial charge in [0.2, 0.25) is 0 Å². The van der Waals surface area contributed by atoms with Crippen LogP contribution in [0.3, 0.4) is 0 Å². The van der Waals surface area contributed by atoms with Gasteiger partial charge in [-0.15, -0.1) is 0 Å². The lowest BCUT2D eigenvalue weighted by Gasteiger charge is -2.33. The predicted octanol–water partition coefficient (Wildman–Crippen LogP) is 3.48. The van der Waals surface area contributed by atoms with Crippen molar-refractivity contribution in [1.29, 1.82) is 0 Å². The van der Waals surface area contributed by atoms with Gasteiger partial charge < -0.3 is 14.4 Å². The molecule has 1 rings (SSSR count). The Bertz CT molecular complexity index is 270. The molecule has 0 aromatic heterocycles. The van der Waals surface area contributed by atoms with Crippen LogP contribution in [0.2, 0.25) is 0 Å². The summed E-state index contributed by atoms with van der Waals surface area (Å²) in [4.78, 5) is 13.7. The Morgan fingerprint density at radius 3 is 2.42 bits per heavy atom. The zero-order chi connectivity index (χ0) is 14.3. The Labute approximate surface area is 130 Å². The molecule has 0 aromatic carbocycles. The van der Waals surface area contributed by atoms with Gasteiger partial charge in [-0.05, 0) is 46.0 Å². The Morgan fingerprint density at radius 2 is 1.89 bits per heavy atom. The molecule has 1 heterocycles. The third-order valence-electron chi connectivity index (χ3n) is 3.16. The van der Waals surface area contributed by atoms with Crippen LogP contribution < -0.4 is 0 Å². The van der Waals surface area contributed by atoms with E-state index in [0.29, 0.717) is 5.92 Å². The van der Waals surface area contributed by atoms with Crippen LogP contribution in [0.25, 0.3) is 0 Å². The fourth-order valence-corrected chi connectivity index (χ4v) is 2.45. The maximum atomic E-state index is 11.9. The molecule has 1 aliphatic heterocycles. The molecule has 1 amide bonds. The molecule has 0 aliphatic carbocycles. The number of piperidine rings is 1. The highest BCUT2D eigenvalue weighted by Crippen LogP contribution is 2.22. The minimum Gasteiger partial charge on any atom is -0.444 e. The summed E-state index contributed by atoms with van der Waals surface area (Å²) in [5.41, 5.74) is -0.402. The van der Waals surface area contributed by atoms with Crippen LogP contribution >= 0.6 is 22.6 Å². The minimum absolute atomic E-state index is 0.174. The number of nitrogens with zero attached hydrogens (tertiary/aromatic N) is 1. The molecular weight excluding hydrogens is 357 g/mol. The van der Waals surface area contributed by atoms with Crippen molar-refractivity contribution >= 4 is 28.7 Å². The van der Waals surface area contributed by atoms with E-state index in [1.165, 1.54) is 0 Å². The highest BCUT2D eigenvalue weighted by Gasteiger charge is 2.26. The van der Waals surface area contributed by atoms with Crippen molar-refractivity contribution < 1.29 is 14.3 Å². The van der Waals surface area contributed by atoms with Gasteiger partial charge in [0.1, 0.15) is 5.60 Å². The summed E-state index contributed by atoms with van der Waals surface area (Å²) in [5, 5.41) is 0. The van der Waals surface area contributed by atoms with Gasteiger partial charge in [-0.3, -0.25) is 0 Å². The number of likely N-dealkylation sites (tertiary alicyclic amines) is 1. The number of carbonyl (C=O) groups excluding carboxylic acids is 1. The average Bonchev–Trinajstić information content (AvgIpc) is 2.33. The minimum atomic E-state index is -0.402. The van der Waals surface area contributed by atoms with Gasteiger partial charge in [0.05, 0.1) is 6.61 Å². The summed E-state index contributed by atoms with van der Waals surface area (Å²) in [6.07, 6.45) is 3.06. The molecule has 0 saturated carbocycles. The van der Waals surface area contributed by atoms with Crippen molar-refractivity contribution in [3.63, 3.8) is 0 Å². The van der Waals surface area contributed by atoms with Crippen molar-refractivity contribution in [3.8, 4) is 0 Å². The molecular formula is C14H26INO3. The van der Waals surface area contributed by atoms with E-state index in [4.69, 9.17) is 9.47 Å². The van der Waals surface area contributed by atoms with Gasteiger partial charge in [0.15, 0.2) is 0 Å². The number of hydrogen-bond acceptors (Lipinski definition) is 3. The third-order valence-corrected chi connectivity index (χ3v) is 3.60. The van der Waals surface area contributed by atoms with Crippen LogP contribution in [0.15, 0.2) is 0 Å². The first-order valence-electron chi connectivity index (χ1n) is 7.04. The zero-order valence-corrected chi connectivity index (χ0v) is 14.4. The second-order valence-corrected chi connectivity index (χ2v) is 7.08. The molecule has 0 spiro atoms. The number of alkyl halides is 1. The molecule has 0 unspecified atom stereocenters. The molecule has 1 fully saturated rings. The molecule has 5 heteroatoms. The monoisotopic (exact) mass is 383 g/mol. The Kier molecular flexibility index (Phi) is 7.42. The second kappa shape index (κ2) is 8.29. The van der Waals surface area contributed by atoms with Crippen LogP contribution in [0.4, 0.5) is 4.79 Å². The molecule has 0 radical (unpaired) electrons. The number of hydrogen-bond donors (Lipinski definition) is 0. The van der Waals surface area contributed by atoms with E-state index in [1.54, 1.807) is 0 Å². The van der Waals surface area contributed by atoms with Gasteiger partial charge >= 0.3 is 6.09 Å². The van der Waals surface area contributed by atoms with Crippen molar-refractivity contribution in [1.82, 2.24) is 4.90 Å². The molecule has 0 atom stereocenters. The maximum Gasteiger partial charge on any atom is 0.410 e. The first kappa shape index (κ1) is 17.0. The first-order valence-corrected chi connectivity index (χ1v) is 8.56. The number of rotatable bonds is 5. The first-order chi connectivity index (χ1) is 8.92. The van der Waals surface area contributed by atoms with E-state index < -0.39 is 5.60 Å². The second-order valence-electron chi connectivity index (χ2n) is 6.00. The van der Waals surface area contributed by atoms with Crippen molar-refractivity contribution in [2.75, 3.05) is 30.7 Å². The lowest BCUT2D eigenvalue weighted by atomic mass is 9.94. The lowest BCUT2D eigenvalue weighted by Crippen LogP contribution is -2.41. The van der Waals surface area contributed by atoms with Crippen molar-refractivity contribution in [2.24, 2.45) is 5.92 Å². The SMILES string of the molecule is CC(C)(C)OC(=O)N1CCC(CCOCCI)CC1. The van der Waals surface area contributed by atoms with Crippen LogP contribution in [-0.2, 0) is 9.47 Å². The highest BCUT2D eigenvalue weighted by atomic mass is 127. The molecule has 0 N–H and O–H groups in total. The fourth-order valence-electron chi connectivity index (χ4n) is 2.14. The van der Waals surface area contributed by atoms with Crippen molar-refractivity contribution in [3.05, 3.63) is 0 Å². The van der Waals surface area contributed by atoms with Gasteiger partial charge in [-0.1, -0.05) is 22.6 Å². The highest BCUT2D eigenvalue weighted by molar-refractivity contribution is 14.1. The van der Waals surface area contributed by atoms with Gasteiger partial charge in [0.25, 0.3) is 0 Å². The van der Waals surface area contributed by atoms with E-state index in [1.807, 2.05) is 25.7 Å². The summed E-state index contributed by atoms with van der Waals surface area (Å²) in [6, 6.07) is 0. The largest absolute Gasteiger partial charge is 0.444 e. The van der Waals surface area contributed by atoms with Crippen LogP contribution in [0, 0.1) is 5.92 Å². The van der Waals surface area contributed by atoms with E-state index in [-0.39, 0.29) is 6.09 Å². The number of halogens is 1. The molecule has 1 aliphatic rings. The van der Waals surface area contributed by atoms with E-state index >= 15 is 0 Å². The van der Waals surface area contributed by atoms with E-state index in [9.17, 15) is 4.79 Å². The van der Waals surface area contributed by atoms with E-state index in [0.717, 1.165) is 50.0 Å². The topological polar surface area (TPSA) is 38.8 Å². The van der Waals surface area contributed by atoms with Gasteiger partial charge in [0, 0.05) is 24.1 Å². The maximum absolute atomic E-state index is 11.9. The van der Waals surface area contributed by atoms with E-state index in [2.05, 4.69) is 22.6 Å². The Morgan fingerprint density at radius 1 is 1.26 bits per heavy atom. The molecule has 0 aromatic rings. The Hall–Kier alpha value is -0.0400. The molecule has 19 heavy (non-hydrogen) atoms. The summed E-state index contributed by atoms with van der Waals surface area (Å²) in [6.45, 7) is 9.03. The molecule has 0 bridgehead atoms. The smallest absolute Gasteiger partial charge is 0.410 e. The normalized spacial score (nSPS) is 17.6. The quantitative estimate of drug-likeness (QED) is 0.415. The van der Waals surface area contributed by atoms with Crippen LogP contribution in [0.1, 0.15) is 40.0 Å². The average molecular weight is 383 g/mol. The summed E-state index contributed by atoms with van der Waals surface area (Å²) in [5.74, 6) is 0.688. The molecule has 1 saturated heterocycles. The summed E-state index contributed by atoms with van der Waals surface area (Å²) >= 11 is 2.32. The predicted molar refractivity (Wildman–Crippen MR) is 84.9 cm³/mol. The lowest BCUT2D eigenvalue weighted by molar-refractivity contribution is 0.0169. The molecule has 4 nitrogen and oxygen atoms in total. The third kappa shape index (κ3) is 7.34. The zero-order valence-electron chi connectivity index (χ0n) is 12.3. The number of ether oxygens (including phenoxy) is 2. The Balaban J connectivity index is 2.19. The van der Waals surface area contributed by atoms with Crippen LogP contribution in [-0.4, -0.2) is 47.3 Å². The van der Waals surface area contributed by atoms with Crippen molar-refractivity contribution in [2.45, 2.75) is 45.6 Å². The molecule has 112 valence electrons. The number of carbonyl (C=O) groups is 1. The number of amides is 1. The standard InChI is InChI=1S/C14H26INO3/c1-14(2,3)19-13(17)16-8-4-12(5-9-16)6-10-18-11-7-15/h12H,4-11H2,1-3H3. The van der Waals surface area contributed by atoms with Crippen LogP contribution in [0.5, 0.6) is 0 Å². The summed E-state index contributed by atoms with van der Waals surface area (Å²) < 4.78 is 12.0. The fraction of sp³-hybridized carbons (Fsp3) is 0.929. The van der Waals surface area contributed by atoms with Gasteiger partial charge in [-0.2, -0.15) is 0 Å².